The van der Waals surface area contributed by atoms with Crippen LogP contribution in [0.5, 0.6) is 0 Å². The highest BCUT2D eigenvalue weighted by molar-refractivity contribution is 9.10. The van der Waals surface area contributed by atoms with Crippen LogP contribution in [0.15, 0.2) is 22.7 Å². The Balaban J connectivity index is 2.16. The molecule has 3 heteroatoms. The average molecular weight is 375 g/mol. The van der Waals surface area contributed by atoms with Crippen LogP contribution in [0.1, 0.15) is 38.7 Å². The zero-order chi connectivity index (χ0) is 13.2. The summed E-state index contributed by atoms with van der Waals surface area (Å²) in [4.78, 5) is 2.52. The minimum absolute atomic E-state index is 0.497. The zero-order valence-electron chi connectivity index (χ0n) is 11.2. The van der Waals surface area contributed by atoms with Crippen molar-refractivity contribution in [2.24, 2.45) is 5.41 Å². The van der Waals surface area contributed by atoms with E-state index in [1.54, 1.807) is 0 Å². The summed E-state index contributed by atoms with van der Waals surface area (Å²) in [5.74, 6) is 0. The van der Waals surface area contributed by atoms with Crippen LogP contribution in [0.2, 0.25) is 0 Å². The van der Waals surface area contributed by atoms with Crippen molar-refractivity contribution in [2.45, 2.75) is 38.4 Å². The molecule has 0 bridgehead atoms. The van der Waals surface area contributed by atoms with Crippen molar-refractivity contribution in [3.8, 4) is 0 Å². The summed E-state index contributed by atoms with van der Waals surface area (Å²) < 4.78 is 1.22. The molecule has 1 fully saturated rings. The van der Waals surface area contributed by atoms with Gasteiger partial charge in [-0.15, -0.1) is 0 Å². The summed E-state index contributed by atoms with van der Waals surface area (Å²) in [6.45, 7) is 7.12. The van der Waals surface area contributed by atoms with Gasteiger partial charge in [0.05, 0.1) is 5.69 Å². The average Bonchev–Trinajstić information content (AvgIpc) is 2.50. The standard InChI is InChI=1S/C15H21Br2N/c1-15(2)6-3-8-18(9-7-15)14-5-4-12(11-16)10-13(14)17/h4-5,10H,3,6-9,11H2,1-2H3. The van der Waals surface area contributed by atoms with Gasteiger partial charge < -0.3 is 4.90 Å². The molecule has 1 aliphatic heterocycles. The van der Waals surface area contributed by atoms with Crippen molar-refractivity contribution >= 4 is 37.5 Å². The normalized spacial score (nSPS) is 19.7. The molecule has 0 aliphatic carbocycles. The molecule has 0 atom stereocenters. The SMILES string of the molecule is CC1(C)CCCN(c2ccc(CBr)cc2Br)CC1. The van der Waals surface area contributed by atoms with E-state index in [1.807, 2.05) is 0 Å². The predicted octanol–water partition coefficient (Wildman–Crippen LogP) is 5.36. The number of anilines is 1. The monoisotopic (exact) mass is 373 g/mol. The fourth-order valence-electron chi connectivity index (χ4n) is 2.55. The van der Waals surface area contributed by atoms with E-state index in [0.29, 0.717) is 5.41 Å². The lowest BCUT2D eigenvalue weighted by atomic mass is 9.85. The lowest BCUT2D eigenvalue weighted by Crippen LogP contribution is -2.25. The van der Waals surface area contributed by atoms with Crippen molar-refractivity contribution in [3.05, 3.63) is 28.2 Å². The van der Waals surface area contributed by atoms with E-state index < -0.39 is 0 Å². The van der Waals surface area contributed by atoms with Crippen LogP contribution < -0.4 is 4.90 Å². The molecule has 1 heterocycles. The zero-order valence-corrected chi connectivity index (χ0v) is 14.3. The van der Waals surface area contributed by atoms with E-state index >= 15 is 0 Å². The number of alkyl halides is 1. The number of benzene rings is 1. The number of hydrogen-bond donors (Lipinski definition) is 0. The van der Waals surface area contributed by atoms with Gasteiger partial charge in [-0.2, -0.15) is 0 Å². The first kappa shape index (κ1) is 14.4. The summed E-state index contributed by atoms with van der Waals surface area (Å²) in [7, 11) is 0. The molecular weight excluding hydrogens is 354 g/mol. The van der Waals surface area contributed by atoms with Gasteiger partial charge in [-0.25, -0.2) is 0 Å². The molecule has 1 aromatic carbocycles. The maximum Gasteiger partial charge on any atom is 0.0510 e. The second kappa shape index (κ2) is 5.96. The van der Waals surface area contributed by atoms with Crippen molar-refractivity contribution in [3.63, 3.8) is 0 Å². The van der Waals surface area contributed by atoms with Crippen LogP contribution in [-0.4, -0.2) is 13.1 Å². The Hall–Kier alpha value is -0.0200. The second-order valence-corrected chi connectivity index (χ2v) is 7.34. The fourth-order valence-corrected chi connectivity index (χ4v) is 3.58. The van der Waals surface area contributed by atoms with E-state index in [0.717, 1.165) is 5.33 Å². The van der Waals surface area contributed by atoms with Crippen LogP contribution in [0.4, 0.5) is 5.69 Å². The van der Waals surface area contributed by atoms with E-state index in [-0.39, 0.29) is 0 Å². The van der Waals surface area contributed by atoms with Gasteiger partial charge in [0.1, 0.15) is 0 Å². The lowest BCUT2D eigenvalue weighted by molar-refractivity contribution is 0.325. The molecule has 1 aliphatic rings. The number of halogens is 2. The van der Waals surface area contributed by atoms with Gasteiger partial charge in [-0.05, 0) is 58.3 Å². The van der Waals surface area contributed by atoms with E-state index in [2.05, 4.69) is 68.8 Å². The molecule has 0 amide bonds. The maximum atomic E-state index is 3.71. The Kier molecular flexibility index (Phi) is 4.76. The lowest BCUT2D eigenvalue weighted by Gasteiger charge is -2.26. The van der Waals surface area contributed by atoms with Crippen LogP contribution >= 0.6 is 31.9 Å². The molecule has 1 nitrogen and oxygen atoms in total. The summed E-state index contributed by atoms with van der Waals surface area (Å²) in [5.41, 5.74) is 3.16. The van der Waals surface area contributed by atoms with E-state index in [9.17, 15) is 0 Å². The summed E-state index contributed by atoms with van der Waals surface area (Å²) in [6, 6.07) is 6.68. The quantitative estimate of drug-likeness (QED) is 0.629. The third kappa shape index (κ3) is 3.51. The molecule has 0 unspecified atom stereocenters. The van der Waals surface area contributed by atoms with E-state index in [4.69, 9.17) is 0 Å². The summed E-state index contributed by atoms with van der Waals surface area (Å²) in [5, 5.41) is 0.916. The summed E-state index contributed by atoms with van der Waals surface area (Å²) in [6.07, 6.45) is 3.90. The molecule has 100 valence electrons. The first-order chi connectivity index (χ1) is 8.52. The topological polar surface area (TPSA) is 3.24 Å². The Morgan fingerprint density at radius 3 is 2.67 bits per heavy atom. The Morgan fingerprint density at radius 2 is 2.00 bits per heavy atom. The van der Waals surface area contributed by atoms with Crippen LogP contribution in [0.25, 0.3) is 0 Å². The van der Waals surface area contributed by atoms with Gasteiger partial charge in [0.2, 0.25) is 0 Å². The first-order valence-corrected chi connectivity index (χ1v) is 8.53. The van der Waals surface area contributed by atoms with Crippen LogP contribution in [-0.2, 0) is 5.33 Å². The Bertz CT molecular complexity index is 415. The molecule has 0 spiro atoms. The van der Waals surface area contributed by atoms with Gasteiger partial charge >= 0.3 is 0 Å². The van der Waals surface area contributed by atoms with Crippen molar-refractivity contribution in [2.75, 3.05) is 18.0 Å². The number of hydrogen-bond acceptors (Lipinski definition) is 1. The molecule has 1 aromatic rings. The molecule has 0 radical (unpaired) electrons. The van der Waals surface area contributed by atoms with Crippen molar-refractivity contribution in [1.82, 2.24) is 0 Å². The van der Waals surface area contributed by atoms with Gasteiger partial charge in [0, 0.05) is 22.9 Å². The van der Waals surface area contributed by atoms with Gasteiger partial charge in [0.15, 0.2) is 0 Å². The third-order valence-corrected chi connectivity index (χ3v) is 5.13. The maximum absolute atomic E-state index is 3.71. The van der Waals surface area contributed by atoms with E-state index in [1.165, 1.54) is 48.1 Å². The minimum atomic E-state index is 0.497. The fraction of sp³-hybridized carbons (Fsp3) is 0.600. The number of nitrogens with zero attached hydrogens (tertiary/aromatic N) is 1. The predicted molar refractivity (Wildman–Crippen MR) is 86.6 cm³/mol. The van der Waals surface area contributed by atoms with Crippen molar-refractivity contribution in [1.29, 1.82) is 0 Å². The first-order valence-electron chi connectivity index (χ1n) is 6.61. The molecule has 1 saturated heterocycles. The van der Waals surface area contributed by atoms with Gasteiger partial charge in [0.25, 0.3) is 0 Å². The molecule has 0 saturated carbocycles. The second-order valence-electron chi connectivity index (χ2n) is 5.92. The third-order valence-electron chi connectivity index (χ3n) is 3.85. The molecule has 18 heavy (non-hydrogen) atoms. The Labute approximate surface area is 127 Å². The van der Waals surface area contributed by atoms with Gasteiger partial charge in [-0.1, -0.05) is 35.8 Å². The van der Waals surface area contributed by atoms with Crippen LogP contribution in [0, 0.1) is 5.41 Å². The molecule has 0 aromatic heterocycles. The summed E-state index contributed by atoms with van der Waals surface area (Å²) >= 11 is 7.22. The highest BCUT2D eigenvalue weighted by atomic mass is 79.9. The highest BCUT2D eigenvalue weighted by Crippen LogP contribution is 2.34. The molecular formula is C15H21Br2N. The Morgan fingerprint density at radius 1 is 1.22 bits per heavy atom. The van der Waals surface area contributed by atoms with Crippen molar-refractivity contribution < 1.29 is 0 Å². The van der Waals surface area contributed by atoms with Gasteiger partial charge in [-0.3, -0.25) is 0 Å². The van der Waals surface area contributed by atoms with Crippen LogP contribution in [0.3, 0.4) is 0 Å². The minimum Gasteiger partial charge on any atom is -0.371 e. The number of rotatable bonds is 2. The highest BCUT2D eigenvalue weighted by Gasteiger charge is 2.23. The molecule has 2 rings (SSSR count). The largest absolute Gasteiger partial charge is 0.371 e. The molecule has 0 N–H and O–H groups in total. The smallest absolute Gasteiger partial charge is 0.0510 e.